The number of amides is 1. The Balaban J connectivity index is 2.08. The molecule has 0 atom stereocenters. The Hall–Kier alpha value is -3.29. The Morgan fingerprint density at radius 2 is 1.88 bits per heavy atom. The molecule has 0 aliphatic rings. The summed E-state index contributed by atoms with van der Waals surface area (Å²) in [5.74, 6) is -2.35. The summed E-state index contributed by atoms with van der Waals surface area (Å²) in [6.07, 6.45) is 0. The van der Waals surface area contributed by atoms with Crippen LogP contribution in [0.2, 0.25) is 0 Å². The lowest BCUT2D eigenvalue weighted by molar-refractivity contribution is -0.387. The van der Waals surface area contributed by atoms with E-state index in [9.17, 15) is 24.1 Å². The third-order valence-electron chi connectivity index (χ3n) is 3.65. The molecular formula is C18H17FN2O5. The lowest BCUT2D eigenvalue weighted by atomic mass is 10.1. The zero-order chi connectivity index (χ0) is 19.3. The molecule has 0 N–H and O–H groups in total. The fourth-order valence-corrected chi connectivity index (χ4v) is 2.31. The number of nitro benzene ring substituents is 1. The molecule has 2 aromatic rings. The molecule has 2 rings (SSSR count). The molecule has 0 aliphatic carbocycles. The number of hydrogen-bond donors (Lipinski definition) is 0. The smallest absolute Gasteiger partial charge is 0.315 e. The first-order valence-corrected chi connectivity index (χ1v) is 7.69. The summed E-state index contributed by atoms with van der Waals surface area (Å²) in [5.41, 5.74) is -0.379. The quantitative estimate of drug-likeness (QED) is 0.430. The number of ether oxygens (including phenoxy) is 1. The van der Waals surface area contributed by atoms with Crippen molar-refractivity contribution in [2.24, 2.45) is 0 Å². The van der Waals surface area contributed by atoms with Gasteiger partial charge < -0.3 is 9.64 Å². The van der Waals surface area contributed by atoms with E-state index in [1.165, 1.54) is 4.90 Å². The minimum atomic E-state index is -1.19. The monoisotopic (exact) mass is 360 g/mol. The maximum Gasteiger partial charge on any atom is 0.315 e. The molecule has 8 heteroatoms. The lowest BCUT2D eigenvalue weighted by Crippen LogP contribution is -2.31. The summed E-state index contributed by atoms with van der Waals surface area (Å²) in [7, 11) is 1.59. The third-order valence-corrected chi connectivity index (χ3v) is 3.65. The van der Waals surface area contributed by atoms with Crippen LogP contribution >= 0.6 is 0 Å². The summed E-state index contributed by atoms with van der Waals surface area (Å²) in [6, 6.07) is 11.2. The number of ketones is 1. The number of Topliss-reactive ketones (excluding diaryl/α,β-unsaturated/α-hetero) is 1. The third kappa shape index (κ3) is 4.62. The number of nitrogens with zero attached hydrogens (tertiary/aromatic N) is 2. The standard InChI is InChI=1S/C18H17FN2O5/c1-12(22)15-8-14(9-16(19)18(15)21(24)25)26-11-17(23)20(2)10-13-6-4-3-5-7-13/h3-9H,10-11H2,1-2H3. The van der Waals surface area contributed by atoms with Crippen molar-refractivity contribution in [1.29, 1.82) is 0 Å². The van der Waals surface area contributed by atoms with Crippen molar-refractivity contribution in [1.82, 2.24) is 4.90 Å². The number of halogens is 1. The normalized spacial score (nSPS) is 10.3. The molecule has 0 heterocycles. The first-order valence-electron chi connectivity index (χ1n) is 7.69. The molecule has 0 spiro atoms. The number of rotatable bonds is 7. The van der Waals surface area contributed by atoms with Crippen LogP contribution in [0.3, 0.4) is 0 Å². The zero-order valence-corrected chi connectivity index (χ0v) is 14.3. The van der Waals surface area contributed by atoms with Gasteiger partial charge in [0.15, 0.2) is 12.4 Å². The molecule has 0 aromatic heterocycles. The molecule has 2 aromatic carbocycles. The largest absolute Gasteiger partial charge is 0.484 e. The number of carbonyl (C=O) groups excluding carboxylic acids is 2. The Morgan fingerprint density at radius 1 is 1.23 bits per heavy atom. The first kappa shape index (κ1) is 19.0. The van der Waals surface area contributed by atoms with Crippen LogP contribution in [-0.2, 0) is 11.3 Å². The van der Waals surface area contributed by atoms with Crippen molar-refractivity contribution in [2.75, 3.05) is 13.7 Å². The molecular weight excluding hydrogens is 343 g/mol. The highest BCUT2D eigenvalue weighted by molar-refractivity contribution is 5.98. The van der Waals surface area contributed by atoms with Crippen molar-refractivity contribution < 1.29 is 23.6 Å². The molecule has 0 bridgehead atoms. The van der Waals surface area contributed by atoms with Crippen molar-refractivity contribution >= 4 is 17.4 Å². The van der Waals surface area contributed by atoms with Crippen LogP contribution in [-0.4, -0.2) is 35.2 Å². The summed E-state index contributed by atoms with van der Waals surface area (Å²) in [4.78, 5) is 35.0. The van der Waals surface area contributed by atoms with E-state index in [1.807, 2.05) is 30.3 Å². The van der Waals surface area contributed by atoms with E-state index in [0.717, 1.165) is 24.6 Å². The van der Waals surface area contributed by atoms with Crippen molar-refractivity contribution in [3.63, 3.8) is 0 Å². The zero-order valence-electron chi connectivity index (χ0n) is 14.3. The van der Waals surface area contributed by atoms with Gasteiger partial charge >= 0.3 is 5.69 Å². The van der Waals surface area contributed by atoms with E-state index in [2.05, 4.69) is 0 Å². The molecule has 0 saturated carbocycles. The van der Waals surface area contributed by atoms with E-state index in [1.54, 1.807) is 7.05 Å². The fourth-order valence-electron chi connectivity index (χ4n) is 2.31. The van der Waals surface area contributed by atoms with Gasteiger partial charge in [-0.3, -0.25) is 19.7 Å². The van der Waals surface area contributed by atoms with Gasteiger partial charge in [-0.15, -0.1) is 0 Å². The van der Waals surface area contributed by atoms with Gasteiger partial charge in [0.2, 0.25) is 5.82 Å². The predicted octanol–water partition coefficient (Wildman–Crippen LogP) is 2.97. The van der Waals surface area contributed by atoms with Crippen LogP contribution in [0.25, 0.3) is 0 Å². The van der Waals surface area contributed by atoms with Crippen LogP contribution in [0.1, 0.15) is 22.8 Å². The minimum Gasteiger partial charge on any atom is -0.484 e. The maximum atomic E-state index is 13.9. The summed E-state index contributed by atoms with van der Waals surface area (Å²) in [6.45, 7) is 1.07. The Bertz CT molecular complexity index is 839. The Morgan fingerprint density at radius 3 is 2.46 bits per heavy atom. The van der Waals surface area contributed by atoms with Crippen LogP contribution in [0.4, 0.5) is 10.1 Å². The van der Waals surface area contributed by atoms with Crippen molar-refractivity contribution in [2.45, 2.75) is 13.5 Å². The minimum absolute atomic E-state index is 0.125. The second-order valence-corrected chi connectivity index (χ2v) is 5.64. The van der Waals surface area contributed by atoms with Crippen LogP contribution in [0.5, 0.6) is 5.75 Å². The number of hydrogen-bond acceptors (Lipinski definition) is 5. The van der Waals surface area contributed by atoms with Crippen molar-refractivity contribution in [3.8, 4) is 5.75 Å². The second-order valence-electron chi connectivity index (χ2n) is 5.64. The van der Waals surface area contributed by atoms with Gasteiger partial charge in [0.05, 0.1) is 4.92 Å². The van der Waals surface area contributed by atoms with Crippen LogP contribution in [0, 0.1) is 15.9 Å². The highest BCUT2D eigenvalue weighted by Gasteiger charge is 2.25. The first-order chi connectivity index (χ1) is 12.3. The lowest BCUT2D eigenvalue weighted by Gasteiger charge is -2.17. The molecule has 0 aliphatic heterocycles. The van der Waals surface area contributed by atoms with Gasteiger partial charge in [-0.1, -0.05) is 30.3 Å². The predicted molar refractivity (Wildman–Crippen MR) is 91.5 cm³/mol. The number of nitro groups is 1. The molecule has 0 unspecified atom stereocenters. The highest BCUT2D eigenvalue weighted by Crippen LogP contribution is 2.28. The molecule has 26 heavy (non-hydrogen) atoms. The maximum absolute atomic E-state index is 13.9. The van der Waals surface area contributed by atoms with E-state index in [0.29, 0.717) is 6.54 Å². The molecule has 0 fully saturated rings. The van der Waals surface area contributed by atoms with Gasteiger partial charge in [-0.25, -0.2) is 0 Å². The SMILES string of the molecule is CC(=O)c1cc(OCC(=O)N(C)Cc2ccccc2)cc(F)c1[N+](=O)[O-]. The topological polar surface area (TPSA) is 89.8 Å². The van der Waals surface area contributed by atoms with Gasteiger partial charge in [-0.2, -0.15) is 4.39 Å². The summed E-state index contributed by atoms with van der Waals surface area (Å²) in [5, 5.41) is 10.9. The van der Waals surface area contributed by atoms with Crippen molar-refractivity contribution in [3.05, 3.63) is 69.5 Å². The van der Waals surface area contributed by atoms with E-state index in [-0.39, 0.29) is 11.7 Å². The van der Waals surface area contributed by atoms with Gasteiger partial charge in [0.1, 0.15) is 11.3 Å². The molecule has 1 amide bonds. The molecule has 0 saturated heterocycles. The average molecular weight is 360 g/mol. The Labute approximate surface area is 149 Å². The number of likely N-dealkylation sites (N-methyl/N-ethyl adjacent to an activating group) is 1. The number of benzene rings is 2. The summed E-state index contributed by atoms with van der Waals surface area (Å²) < 4.78 is 19.1. The average Bonchev–Trinajstić information content (AvgIpc) is 2.59. The van der Waals surface area contributed by atoms with E-state index < -0.39 is 34.4 Å². The van der Waals surface area contributed by atoms with Gasteiger partial charge in [0.25, 0.3) is 5.91 Å². The van der Waals surface area contributed by atoms with Crippen LogP contribution in [0.15, 0.2) is 42.5 Å². The van der Waals surface area contributed by atoms with Crippen LogP contribution < -0.4 is 4.74 Å². The molecule has 136 valence electrons. The van der Waals surface area contributed by atoms with E-state index >= 15 is 0 Å². The number of carbonyl (C=O) groups is 2. The van der Waals surface area contributed by atoms with Gasteiger partial charge in [0, 0.05) is 19.7 Å². The highest BCUT2D eigenvalue weighted by atomic mass is 19.1. The molecule has 7 nitrogen and oxygen atoms in total. The fraction of sp³-hybridized carbons (Fsp3) is 0.222. The van der Waals surface area contributed by atoms with E-state index in [4.69, 9.17) is 4.74 Å². The summed E-state index contributed by atoms with van der Waals surface area (Å²) >= 11 is 0. The second kappa shape index (κ2) is 8.19. The van der Waals surface area contributed by atoms with Gasteiger partial charge in [-0.05, 0) is 18.6 Å². The molecule has 0 radical (unpaired) electrons. The Kier molecular flexibility index (Phi) is 6.00.